The molecule has 4 rings (SSSR count). The monoisotopic (exact) mass is 415 g/mol. The molecule has 6 nitrogen and oxygen atoms in total. The molecule has 0 saturated carbocycles. The maximum Gasteiger partial charge on any atom is 0.218 e. The number of hydrogen-bond donors (Lipinski definition) is 1. The highest BCUT2D eigenvalue weighted by atomic mass is 16.5. The van der Waals surface area contributed by atoms with E-state index < -0.39 is 0 Å². The van der Waals surface area contributed by atoms with Gasteiger partial charge in [0.05, 0.1) is 0 Å². The van der Waals surface area contributed by atoms with E-state index in [0.29, 0.717) is 18.3 Å². The van der Waals surface area contributed by atoms with Crippen LogP contribution in [0.25, 0.3) is 12.2 Å². The molecule has 2 aromatic heterocycles. The van der Waals surface area contributed by atoms with Crippen molar-refractivity contribution in [3.05, 3.63) is 102 Å². The number of aliphatic hydroxyl groups is 1. The molecule has 0 aliphatic heterocycles. The first kappa shape index (κ1) is 20.6. The van der Waals surface area contributed by atoms with E-state index in [9.17, 15) is 5.11 Å². The first-order valence-electron chi connectivity index (χ1n) is 10.3. The number of hydrogen-bond acceptors (Lipinski definition) is 5. The molecule has 0 fully saturated rings. The molecule has 0 amide bonds. The van der Waals surface area contributed by atoms with E-state index >= 15 is 0 Å². The molecule has 158 valence electrons. The van der Waals surface area contributed by atoms with Crippen LogP contribution in [0.15, 0.2) is 77.7 Å². The molecule has 0 unspecified atom stereocenters. The van der Waals surface area contributed by atoms with Crippen LogP contribution in [0.5, 0.6) is 5.75 Å². The molecule has 0 aliphatic carbocycles. The molecule has 1 N–H and O–H groups in total. The van der Waals surface area contributed by atoms with Gasteiger partial charge in [-0.3, -0.25) is 0 Å². The van der Waals surface area contributed by atoms with Gasteiger partial charge in [0.1, 0.15) is 36.7 Å². The molecule has 0 spiro atoms. The maximum absolute atomic E-state index is 9.25. The van der Waals surface area contributed by atoms with E-state index in [1.165, 1.54) is 5.56 Å². The van der Waals surface area contributed by atoms with Gasteiger partial charge < -0.3 is 18.8 Å². The van der Waals surface area contributed by atoms with Crippen molar-refractivity contribution >= 4 is 12.2 Å². The molecule has 2 aromatic carbocycles. The molecule has 0 aliphatic rings. The number of aryl methyl sites for hydroxylation is 2. The third kappa shape index (κ3) is 5.93. The van der Waals surface area contributed by atoms with Crippen molar-refractivity contribution in [2.24, 2.45) is 0 Å². The molecule has 0 bridgehead atoms. The Bertz CT molecular complexity index is 1100. The zero-order chi connectivity index (χ0) is 21.3. The lowest BCUT2D eigenvalue weighted by atomic mass is 10.1. The fraction of sp³-hybridized carbons (Fsp3) is 0.200. The Balaban J connectivity index is 1.23. The summed E-state index contributed by atoms with van der Waals surface area (Å²) in [6.45, 7) is 1.16. The second kappa shape index (κ2) is 10.4. The van der Waals surface area contributed by atoms with Crippen molar-refractivity contribution in [1.82, 2.24) is 14.5 Å². The van der Waals surface area contributed by atoms with Gasteiger partial charge in [0.15, 0.2) is 0 Å². The summed E-state index contributed by atoms with van der Waals surface area (Å²) in [5, 5.41) is 9.25. The van der Waals surface area contributed by atoms with Crippen molar-refractivity contribution in [3.63, 3.8) is 0 Å². The van der Waals surface area contributed by atoms with Gasteiger partial charge in [-0.15, -0.1) is 0 Å². The molecule has 0 saturated heterocycles. The Hall–Kier alpha value is -3.64. The number of nitrogens with zero attached hydrogens (tertiary/aromatic N) is 3. The summed E-state index contributed by atoms with van der Waals surface area (Å²) in [6.07, 6.45) is 11.0. The Morgan fingerprint density at radius 2 is 1.87 bits per heavy atom. The minimum atomic E-state index is -0.0324. The molecular weight excluding hydrogens is 390 g/mol. The van der Waals surface area contributed by atoms with Gasteiger partial charge in [0, 0.05) is 25.0 Å². The van der Waals surface area contributed by atoms with E-state index in [-0.39, 0.29) is 6.61 Å². The van der Waals surface area contributed by atoms with Crippen LogP contribution >= 0.6 is 0 Å². The van der Waals surface area contributed by atoms with E-state index in [4.69, 9.17) is 9.15 Å². The van der Waals surface area contributed by atoms with Gasteiger partial charge in [-0.2, -0.15) is 0 Å². The SMILES string of the molecule is OCc1nccn1CCCc1ccc(OCc2coc(/C=C/c3ccccc3)n2)cc1. The van der Waals surface area contributed by atoms with Gasteiger partial charge >= 0.3 is 0 Å². The van der Waals surface area contributed by atoms with Crippen LogP contribution in [-0.2, 0) is 26.2 Å². The third-order valence-corrected chi connectivity index (χ3v) is 4.91. The summed E-state index contributed by atoms with van der Waals surface area (Å²) in [6, 6.07) is 18.1. The van der Waals surface area contributed by atoms with Crippen LogP contribution in [0, 0.1) is 0 Å². The van der Waals surface area contributed by atoms with Gasteiger partial charge in [-0.05, 0) is 42.2 Å². The van der Waals surface area contributed by atoms with Crippen molar-refractivity contribution in [3.8, 4) is 5.75 Å². The van der Waals surface area contributed by atoms with Crippen LogP contribution in [0.1, 0.15) is 35.0 Å². The topological polar surface area (TPSA) is 73.3 Å². The number of ether oxygens (including phenoxy) is 1. The fourth-order valence-electron chi connectivity index (χ4n) is 3.26. The average Bonchev–Trinajstić information content (AvgIpc) is 3.47. The van der Waals surface area contributed by atoms with Crippen molar-refractivity contribution < 1.29 is 14.3 Å². The molecule has 0 radical (unpaired) electrons. The number of imidazole rings is 1. The maximum atomic E-state index is 9.25. The molecule has 2 heterocycles. The van der Waals surface area contributed by atoms with Crippen molar-refractivity contribution in [2.75, 3.05) is 0 Å². The lowest BCUT2D eigenvalue weighted by Gasteiger charge is -2.07. The zero-order valence-electron chi connectivity index (χ0n) is 17.2. The van der Waals surface area contributed by atoms with Crippen LogP contribution in [-0.4, -0.2) is 19.6 Å². The molecular formula is C25H25N3O3. The summed E-state index contributed by atoms with van der Waals surface area (Å²) < 4.78 is 13.3. The van der Waals surface area contributed by atoms with Gasteiger partial charge in [-0.25, -0.2) is 9.97 Å². The summed E-state index contributed by atoms with van der Waals surface area (Å²) in [4.78, 5) is 8.56. The predicted octanol–water partition coefficient (Wildman–Crippen LogP) is 4.75. The lowest BCUT2D eigenvalue weighted by molar-refractivity contribution is 0.264. The minimum absolute atomic E-state index is 0.0324. The largest absolute Gasteiger partial charge is 0.487 e. The standard InChI is InChI=1S/C25H25N3O3/c29-17-24-26-14-16-28(24)15-4-7-21-8-11-23(12-9-21)30-18-22-19-31-25(27-22)13-10-20-5-2-1-3-6-20/h1-3,5-6,8-14,16,19,29H,4,7,15,17-18H2/b13-10+. The van der Waals surface area contributed by atoms with Crippen LogP contribution in [0.2, 0.25) is 0 Å². The molecule has 0 atom stereocenters. The lowest BCUT2D eigenvalue weighted by Crippen LogP contribution is -2.04. The Labute approximate surface area is 181 Å². The number of aromatic nitrogens is 3. The normalized spacial score (nSPS) is 11.3. The van der Waals surface area contributed by atoms with Gasteiger partial charge in [-0.1, -0.05) is 42.5 Å². The van der Waals surface area contributed by atoms with E-state index in [2.05, 4.69) is 22.1 Å². The van der Waals surface area contributed by atoms with Crippen LogP contribution in [0.4, 0.5) is 0 Å². The Kier molecular flexibility index (Phi) is 6.92. The summed E-state index contributed by atoms with van der Waals surface area (Å²) in [5.41, 5.74) is 3.09. The summed E-state index contributed by atoms with van der Waals surface area (Å²) >= 11 is 0. The highest BCUT2D eigenvalue weighted by Gasteiger charge is 2.04. The van der Waals surface area contributed by atoms with E-state index in [1.54, 1.807) is 12.5 Å². The predicted molar refractivity (Wildman–Crippen MR) is 119 cm³/mol. The minimum Gasteiger partial charge on any atom is -0.487 e. The number of rotatable bonds is 10. The van der Waals surface area contributed by atoms with Crippen molar-refractivity contribution in [2.45, 2.75) is 32.6 Å². The van der Waals surface area contributed by atoms with E-state index in [1.807, 2.05) is 65.4 Å². The Morgan fingerprint density at radius 3 is 2.68 bits per heavy atom. The second-order valence-electron chi connectivity index (χ2n) is 7.15. The Morgan fingerprint density at radius 1 is 1.03 bits per heavy atom. The average molecular weight is 415 g/mol. The zero-order valence-corrected chi connectivity index (χ0v) is 17.2. The smallest absolute Gasteiger partial charge is 0.218 e. The highest BCUT2D eigenvalue weighted by Crippen LogP contribution is 2.16. The van der Waals surface area contributed by atoms with Crippen LogP contribution in [0.3, 0.4) is 0 Å². The number of benzene rings is 2. The molecule has 6 heteroatoms. The molecule has 31 heavy (non-hydrogen) atoms. The van der Waals surface area contributed by atoms with Crippen molar-refractivity contribution in [1.29, 1.82) is 0 Å². The second-order valence-corrected chi connectivity index (χ2v) is 7.15. The number of oxazole rings is 1. The van der Waals surface area contributed by atoms with Crippen LogP contribution < -0.4 is 4.74 Å². The summed E-state index contributed by atoms with van der Waals surface area (Å²) in [7, 11) is 0. The molecule has 4 aromatic rings. The quantitative estimate of drug-likeness (QED) is 0.405. The summed E-state index contributed by atoms with van der Waals surface area (Å²) in [5.74, 6) is 2.06. The first-order valence-corrected chi connectivity index (χ1v) is 10.3. The van der Waals surface area contributed by atoms with E-state index in [0.717, 1.165) is 36.4 Å². The van der Waals surface area contributed by atoms with Gasteiger partial charge in [0.25, 0.3) is 0 Å². The highest BCUT2D eigenvalue weighted by molar-refractivity contribution is 5.65. The first-order chi connectivity index (χ1) is 15.3. The third-order valence-electron chi connectivity index (χ3n) is 4.91. The van der Waals surface area contributed by atoms with Gasteiger partial charge in [0.2, 0.25) is 5.89 Å². The fourth-order valence-corrected chi connectivity index (χ4v) is 3.26. The number of aliphatic hydroxyl groups excluding tert-OH is 1.